The number of pyridine rings is 1. The molecule has 0 unspecified atom stereocenters. The minimum absolute atomic E-state index is 0.219. The van der Waals surface area contributed by atoms with Crippen LogP contribution in [0.15, 0.2) is 64.4 Å². The van der Waals surface area contributed by atoms with Crippen molar-refractivity contribution in [2.75, 3.05) is 10.8 Å². The number of benzene rings is 2. The first-order valence-corrected chi connectivity index (χ1v) is 11.2. The van der Waals surface area contributed by atoms with Gasteiger partial charge in [0.15, 0.2) is 0 Å². The third kappa shape index (κ3) is 3.68. The van der Waals surface area contributed by atoms with Crippen molar-refractivity contribution in [3.63, 3.8) is 0 Å². The van der Waals surface area contributed by atoms with Gasteiger partial charge in [-0.1, -0.05) is 25.1 Å². The van der Waals surface area contributed by atoms with E-state index in [2.05, 4.69) is 9.97 Å². The maximum Gasteiger partial charge on any atom is 0.303 e. The lowest BCUT2D eigenvalue weighted by molar-refractivity contribution is -0.136. The fourth-order valence-electron chi connectivity index (χ4n) is 3.67. The summed E-state index contributed by atoms with van der Waals surface area (Å²) in [6, 6.07) is 14.2. The predicted molar refractivity (Wildman–Crippen MR) is 119 cm³/mol. The van der Waals surface area contributed by atoms with E-state index in [0.717, 1.165) is 11.3 Å². The number of rotatable bonds is 3. The zero-order valence-electron chi connectivity index (χ0n) is 16.8. The summed E-state index contributed by atoms with van der Waals surface area (Å²) in [6.07, 6.45) is 2.61. The molecule has 0 amide bonds. The largest absolute Gasteiger partial charge is 0.481 e. The number of carboxylic acids is 1. The van der Waals surface area contributed by atoms with Crippen LogP contribution in [0, 0.1) is 0 Å². The first kappa shape index (κ1) is 20.7. The third-order valence-electron chi connectivity index (χ3n) is 5.24. The Hall–Kier alpha value is -3.59. The molecule has 0 atom stereocenters. The van der Waals surface area contributed by atoms with Gasteiger partial charge in [0.2, 0.25) is 0 Å². The van der Waals surface area contributed by atoms with Crippen molar-refractivity contribution >= 4 is 43.5 Å². The van der Waals surface area contributed by atoms with Crippen LogP contribution in [-0.4, -0.2) is 36.0 Å². The zero-order chi connectivity index (χ0) is 22.2. The molecule has 3 heterocycles. The zero-order valence-corrected chi connectivity index (χ0v) is 17.6. The first-order valence-electron chi connectivity index (χ1n) is 9.78. The van der Waals surface area contributed by atoms with Gasteiger partial charge in [-0.25, -0.2) is 8.42 Å². The minimum atomic E-state index is -3.67. The lowest BCUT2D eigenvalue weighted by atomic mass is 10.1. The molecule has 0 saturated carbocycles. The molecule has 0 radical (unpaired) electrons. The Labute approximate surface area is 178 Å². The van der Waals surface area contributed by atoms with E-state index >= 15 is 0 Å². The molecule has 31 heavy (non-hydrogen) atoms. The number of sulfonamides is 1. The average Bonchev–Trinajstić information content (AvgIpc) is 3.42. The molecule has 3 N–H and O–H groups in total. The summed E-state index contributed by atoms with van der Waals surface area (Å²) in [7, 11) is -3.67. The van der Waals surface area contributed by atoms with E-state index in [1.54, 1.807) is 37.4 Å². The highest BCUT2D eigenvalue weighted by atomic mass is 32.2. The number of carbonyl (C=O) groups is 1. The van der Waals surface area contributed by atoms with Gasteiger partial charge in [0.05, 0.1) is 10.6 Å². The number of nitrogens with zero attached hydrogens (tertiary/aromatic N) is 1. The summed E-state index contributed by atoms with van der Waals surface area (Å²) in [5, 5.41) is 9.14. The molecule has 0 aliphatic carbocycles. The second-order valence-electron chi connectivity index (χ2n) is 7.13. The van der Waals surface area contributed by atoms with E-state index in [1.165, 1.54) is 4.31 Å². The normalized spacial score (nSPS) is 13.1. The van der Waals surface area contributed by atoms with Gasteiger partial charge in [-0.3, -0.25) is 13.9 Å². The number of H-pyrrole nitrogens is 2. The highest BCUT2D eigenvalue weighted by Crippen LogP contribution is 2.33. The summed E-state index contributed by atoms with van der Waals surface area (Å²) in [6.45, 7) is 2.03. The van der Waals surface area contributed by atoms with Gasteiger partial charge in [0.25, 0.3) is 15.6 Å². The molecule has 2 aromatic carbocycles. The van der Waals surface area contributed by atoms with Crippen LogP contribution >= 0.6 is 0 Å². The fourth-order valence-corrected chi connectivity index (χ4v) is 5.20. The SMILES string of the molecule is CCC(=O)O.O=c1[nH]c2ccc(S(=O)(=O)N3CCc4ccccc43)cc2c2cc[nH]c12. The molecular formula is C22H21N3O5S. The second kappa shape index (κ2) is 7.92. The van der Waals surface area contributed by atoms with E-state index < -0.39 is 16.0 Å². The molecule has 1 aliphatic rings. The average molecular weight is 439 g/mol. The summed E-state index contributed by atoms with van der Waals surface area (Å²) < 4.78 is 27.9. The maximum absolute atomic E-state index is 13.2. The predicted octanol–water partition coefficient (Wildman–Crippen LogP) is 3.24. The molecule has 160 valence electrons. The lowest BCUT2D eigenvalue weighted by Gasteiger charge is -2.19. The molecule has 2 aromatic heterocycles. The number of carboxylic acid groups (broad SMARTS) is 1. The Kier molecular flexibility index (Phi) is 5.28. The topological polar surface area (TPSA) is 123 Å². The number of anilines is 1. The lowest BCUT2D eigenvalue weighted by Crippen LogP contribution is -2.29. The van der Waals surface area contributed by atoms with Gasteiger partial charge in [0, 0.05) is 35.5 Å². The second-order valence-corrected chi connectivity index (χ2v) is 8.99. The molecule has 0 bridgehead atoms. The smallest absolute Gasteiger partial charge is 0.303 e. The fraction of sp³-hybridized carbons (Fsp3) is 0.182. The van der Waals surface area contributed by atoms with Gasteiger partial charge < -0.3 is 15.1 Å². The molecule has 8 nitrogen and oxygen atoms in total. The van der Waals surface area contributed by atoms with Gasteiger partial charge in [-0.2, -0.15) is 0 Å². The third-order valence-corrected chi connectivity index (χ3v) is 7.05. The van der Waals surface area contributed by atoms with E-state index in [0.29, 0.717) is 34.8 Å². The Balaban J connectivity index is 0.000000418. The van der Waals surface area contributed by atoms with Crippen molar-refractivity contribution in [2.24, 2.45) is 0 Å². The number of aromatic nitrogens is 2. The van der Waals surface area contributed by atoms with Crippen LogP contribution in [0.25, 0.3) is 21.8 Å². The van der Waals surface area contributed by atoms with E-state index in [4.69, 9.17) is 5.11 Å². The highest BCUT2D eigenvalue weighted by Gasteiger charge is 2.30. The Morgan fingerprint density at radius 1 is 1.13 bits per heavy atom. The number of fused-ring (bicyclic) bond motifs is 4. The summed E-state index contributed by atoms with van der Waals surface area (Å²) in [5.74, 6) is -0.745. The molecule has 1 aliphatic heterocycles. The maximum atomic E-state index is 13.2. The van der Waals surface area contributed by atoms with Crippen LogP contribution in [0.1, 0.15) is 18.9 Å². The summed E-state index contributed by atoms with van der Waals surface area (Å²) in [4.78, 5) is 27.3. The van der Waals surface area contributed by atoms with Crippen molar-refractivity contribution in [1.29, 1.82) is 0 Å². The van der Waals surface area contributed by atoms with Crippen molar-refractivity contribution in [1.82, 2.24) is 9.97 Å². The van der Waals surface area contributed by atoms with Gasteiger partial charge in [-0.05, 0) is 42.3 Å². The van der Waals surface area contributed by atoms with Crippen molar-refractivity contribution < 1.29 is 18.3 Å². The molecule has 0 fully saturated rings. The van der Waals surface area contributed by atoms with Crippen molar-refractivity contribution in [3.8, 4) is 0 Å². The standard InChI is InChI=1S/C19H15N3O3S.C3H6O2/c23-19-18-14(7-9-20-18)15-11-13(5-6-16(15)21-19)26(24,25)22-10-8-12-3-1-2-4-17(12)22;1-2-3(4)5/h1-7,9,11,20H,8,10H2,(H,21,23);2H2,1H3,(H,4,5). The van der Waals surface area contributed by atoms with Crippen LogP contribution < -0.4 is 9.86 Å². The highest BCUT2D eigenvalue weighted by molar-refractivity contribution is 7.92. The van der Waals surface area contributed by atoms with Gasteiger partial charge in [-0.15, -0.1) is 0 Å². The molecule has 4 aromatic rings. The van der Waals surface area contributed by atoms with E-state index in [1.807, 2.05) is 24.3 Å². The van der Waals surface area contributed by atoms with Crippen LogP contribution in [0.4, 0.5) is 5.69 Å². The van der Waals surface area contributed by atoms with Crippen LogP contribution in [0.5, 0.6) is 0 Å². The summed E-state index contributed by atoms with van der Waals surface area (Å²) >= 11 is 0. The molecule has 0 saturated heterocycles. The molecule has 0 spiro atoms. The monoisotopic (exact) mass is 439 g/mol. The molecule has 5 rings (SSSR count). The number of nitrogens with one attached hydrogen (secondary N) is 2. The van der Waals surface area contributed by atoms with Crippen LogP contribution in [-0.2, 0) is 21.2 Å². The van der Waals surface area contributed by atoms with Crippen molar-refractivity contribution in [3.05, 3.63) is 70.6 Å². The number of hydrogen-bond donors (Lipinski definition) is 3. The van der Waals surface area contributed by atoms with Gasteiger partial charge in [0.1, 0.15) is 5.52 Å². The number of aliphatic carboxylic acids is 1. The van der Waals surface area contributed by atoms with E-state index in [9.17, 15) is 18.0 Å². The number of aromatic amines is 2. The minimum Gasteiger partial charge on any atom is -0.481 e. The molecular weight excluding hydrogens is 418 g/mol. The number of hydrogen-bond acceptors (Lipinski definition) is 4. The Morgan fingerprint density at radius 2 is 1.87 bits per heavy atom. The van der Waals surface area contributed by atoms with Gasteiger partial charge >= 0.3 is 5.97 Å². The van der Waals surface area contributed by atoms with Crippen LogP contribution in [0.2, 0.25) is 0 Å². The van der Waals surface area contributed by atoms with Crippen LogP contribution in [0.3, 0.4) is 0 Å². The molecule has 9 heteroatoms. The Bertz CT molecular complexity index is 1450. The Morgan fingerprint density at radius 3 is 2.61 bits per heavy atom. The first-order chi connectivity index (χ1) is 14.8. The quantitative estimate of drug-likeness (QED) is 0.452. The van der Waals surface area contributed by atoms with Crippen molar-refractivity contribution in [2.45, 2.75) is 24.7 Å². The number of para-hydroxylation sites is 1. The summed E-state index contributed by atoms with van der Waals surface area (Å²) in [5.41, 5.74) is 2.61. The van der Waals surface area contributed by atoms with E-state index in [-0.39, 0.29) is 16.9 Å².